The van der Waals surface area contributed by atoms with Gasteiger partial charge in [0.25, 0.3) is 0 Å². The summed E-state index contributed by atoms with van der Waals surface area (Å²) in [4.78, 5) is 17.1. The summed E-state index contributed by atoms with van der Waals surface area (Å²) in [5.74, 6) is -0.531. The van der Waals surface area contributed by atoms with E-state index in [1.807, 2.05) is 60.7 Å². The Morgan fingerprint density at radius 1 is 0.969 bits per heavy atom. The van der Waals surface area contributed by atoms with Crippen LogP contribution in [0.25, 0.3) is 22.6 Å². The van der Waals surface area contributed by atoms with E-state index < -0.39 is 17.7 Å². The predicted molar refractivity (Wildman–Crippen MR) is 119 cm³/mol. The van der Waals surface area contributed by atoms with Gasteiger partial charge in [-0.2, -0.15) is 0 Å². The number of aromatic nitrogens is 1. The number of halogens is 2. The lowest BCUT2D eigenvalue weighted by Gasteiger charge is -2.14. The highest BCUT2D eigenvalue weighted by Gasteiger charge is 2.19. The molecule has 0 spiro atoms. The minimum atomic E-state index is -0.689. The zero-order chi connectivity index (χ0) is 22.5. The molecule has 1 amide bonds. The van der Waals surface area contributed by atoms with E-state index in [0.29, 0.717) is 17.3 Å². The van der Waals surface area contributed by atoms with Gasteiger partial charge in [-0.3, -0.25) is 4.79 Å². The number of carbonyl (C=O) groups is 1. The van der Waals surface area contributed by atoms with Crippen molar-refractivity contribution in [3.05, 3.63) is 102 Å². The SMILES string of the molecule is C[C@@H](NC(=O)CCc1nc(-c2ccccc2)c(-c2ccccc2)o1)c1ccc(F)cc1F. The lowest BCUT2D eigenvalue weighted by atomic mass is 10.1. The number of carbonyl (C=O) groups excluding carboxylic acids is 1. The van der Waals surface area contributed by atoms with Crippen LogP contribution in [0.5, 0.6) is 0 Å². The molecular formula is C26H22F2N2O2. The maximum absolute atomic E-state index is 14.0. The number of hydrogen-bond acceptors (Lipinski definition) is 3. The molecule has 0 unspecified atom stereocenters. The first kappa shape index (κ1) is 21.4. The molecule has 0 radical (unpaired) electrons. The fourth-order valence-corrected chi connectivity index (χ4v) is 3.51. The van der Waals surface area contributed by atoms with E-state index >= 15 is 0 Å². The Balaban J connectivity index is 1.48. The standard InChI is InChI=1S/C26H22F2N2O2/c1-17(21-13-12-20(27)16-22(21)28)29-23(31)14-15-24-30-25(18-8-4-2-5-9-18)26(32-24)19-10-6-3-7-11-19/h2-13,16-17H,14-15H2,1H3,(H,29,31)/t17-/m1/s1. The van der Waals surface area contributed by atoms with Gasteiger partial charge in [-0.25, -0.2) is 13.8 Å². The molecule has 0 saturated heterocycles. The number of benzene rings is 3. The number of oxazole rings is 1. The summed E-state index contributed by atoms with van der Waals surface area (Å²) in [6, 6.07) is 22.1. The van der Waals surface area contributed by atoms with Crippen LogP contribution in [0.3, 0.4) is 0 Å². The number of aryl methyl sites for hydroxylation is 1. The van der Waals surface area contributed by atoms with E-state index in [0.717, 1.165) is 17.2 Å². The van der Waals surface area contributed by atoms with Crippen molar-refractivity contribution in [2.75, 3.05) is 0 Å². The van der Waals surface area contributed by atoms with Crippen LogP contribution in [0.4, 0.5) is 8.78 Å². The summed E-state index contributed by atoms with van der Waals surface area (Å²) in [5, 5.41) is 2.74. The molecule has 6 heteroatoms. The van der Waals surface area contributed by atoms with E-state index in [1.54, 1.807) is 6.92 Å². The molecule has 4 aromatic rings. The topological polar surface area (TPSA) is 55.1 Å². The zero-order valence-electron chi connectivity index (χ0n) is 17.5. The largest absolute Gasteiger partial charge is 0.440 e. The molecule has 1 aromatic heterocycles. The second-order valence-electron chi connectivity index (χ2n) is 7.47. The maximum atomic E-state index is 14.0. The van der Waals surface area contributed by atoms with Gasteiger partial charge in [-0.15, -0.1) is 0 Å². The Bertz CT molecular complexity index is 1150. The first-order valence-corrected chi connectivity index (χ1v) is 10.4. The van der Waals surface area contributed by atoms with Gasteiger partial charge in [0.1, 0.15) is 17.3 Å². The summed E-state index contributed by atoms with van der Waals surface area (Å²) >= 11 is 0. The Labute approximate surface area is 184 Å². The Morgan fingerprint density at radius 2 is 1.62 bits per heavy atom. The molecule has 32 heavy (non-hydrogen) atoms. The van der Waals surface area contributed by atoms with Crippen LogP contribution in [0.2, 0.25) is 0 Å². The second kappa shape index (κ2) is 9.56. The molecule has 162 valence electrons. The van der Waals surface area contributed by atoms with Gasteiger partial charge in [0.2, 0.25) is 5.91 Å². The minimum absolute atomic E-state index is 0.121. The normalized spacial score (nSPS) is 11.8. The molecule has 4 rings (SSSR count). The Hall–Kier alpha value is -3.80. The smallest absolute Gasteiger partial charge is 0.220 e. The van der Waals surface area contributed by atoms with Crippen LogP contribution in [0.1, 0.15) is 30.8 Å². The van der Waals surface area contributed by atoms with Gasteiger partial charge in [-0.1, -0.05) is 66.7 Å². The van der Waals surface area contributed by atoms with Gasteiger partial charge in [0.05, 0.1) is 6.04 Å². The number of hydrogen-bond donors (Lipinski definition) is 1. The molecular weight excluding hydrogens is 410 g/mol. The van der Waals surface area contributed by atoms with Crippen molar-refractivity contribution in [2.24, 2.45) is 0 Å². The van der Waals surface area contributed by atoms with E-state index in [4.69, 9.17) is 4.42 Å². The van der Waals surface area contributed by atoms with Crippen LogP contribution < -0.4 is 5.32 Å². The van der Waals surface area contributed by atoms with Gasteiger partial charge in [0, 0.05) is 35.6 Å². The zero-order valence-corrected chi connectivity index (χ0v) is 17.5. The highest BCUT2D eigenvalue weighted by molar-refractivity contribution is 5.78. The quantitative estimate of drug-likeness (QED) is 0.384. The molecule has 1 heterocycles. The average molecular weight is 432 g/mol. The van der Waals surface area contributed by atoms with Gasteiger partial charge in [0.15, 0.2) is 11.7 Å². The van der Waals surface area contributed by atoms with E-state index in [9.17, 15) is 13.6 Å². The first-order valence-electron chi connectivity index (χ1n) is 10.4. The molecule has 0 bridgehead atoms. The number of amides is 1. The van der Waals surface area contributed by atoms with Crippen molar-refractivity contribution in [3.63, 3.8) is 0 Å². The molecule has 1 N–H and O–H groups in total. The van der Waals surface area contributed by atoms with E-state index in [1.165, 1.54) is 12.1 Å². The minimum Gasteiger partial charge on any atom is -0.440 e. The maximum Gasteiger partial charge on any atom is 0.220 e. The average Bonchev–Trinajstić information content (AvgIpc) is 3.23. The Kier molecular flexibility index (Phi) is 6.40. The number of nitrogens with zero attached hydrogens (tertiary/aromatic N) is 1. The van der Waals surface area contributed by atoms with Crippen molar-refractivity contribution in [3.8, 4) is 22.6 Å². The van der Waals surface area contributed by atoms with Crippen molar-refractivity contribution < 1.29 is 18.0 Å². The molecule has 0 aliphatic heterocycles. The van der Waals surface area contributed by atoms with Crippen molar-refractivity contribution in [2.45, 2.75) is 25.8 Å². The molecule has 0 aliphatic carbocycles. The first-order chi connectivity index (χ1) is 15.5. The third-order valence-corrected chi connectivity index (χ3v) is 5.13. The fraction of sp³-hybridized carbons (Fsp3) is 0.154. The third-order valence-electron chi connectivity index (χ3n) is 5.13. The highest BCUT2D eigenvalue weighted by Crippen LogP contribution is 2.32. The summed E-state index contributed by atoms with van der Waals surface area (Å²) in [5.41, 5.74) is 2.77. The van der Waals surface area contributed by atoms with Crippen LogP contribution in [0.15, 0.2) is 83.3 Å². The van der Waals surface area contributed by atoms with Crippen molar-refractivity contribution >= 4 is 5.91 Å². The highest BCUT2D eigenvalue weighted by atomic mass is 19.1. The molecule has 0 fully saturated rings. The van der Waals surface area contributed by atoms with Gasteiger partial charge in [-0.05, 0) is 13.0 Å². The van der Waals surface area contributed by atoms with E-state index in [-0.39, 0.29) is 24.3 Å². The van der Waals surface area contributed by atoms with Crippen LogP contribution in [-0.2, 0) is 11.2 Å². The molecule has 4 nitrogen and oxygen atoms in total. The third kappa shape index (κ3) is 4.91. The van der Waals surface area contributed by atoms with E-state index in [2.05, 4.69) is 10.3 Å². The van der Waals surface area contributed by atoms with Gasteiger partial charge < -0.3 is 9.73 Å². The molecule has 0 saturated carbocycles. The fourth-order valence-electron chi connectivity index (χ4n) is 3.51. The molecule has 0 aliphatic rings. The summed E-state index contributed by atoms with van der Waals surface area (Å²) in [6.45, 7) is 1.65. The second-order valence-corrected chi connectivity index (χ2v) is 7.47. The van der Waals surface area contributed by atoms with Crippen LogP contribution in [-0.4, -0.2) is 10.9 Å². The van der Waals surface area contributed by atoms with Crippen molar-refractivity contribution in [1.82, 2.24) is 10.3 Å². The molecule has 3 aromatic carbocycles. The lowest BCUT2D eigenvalue weighted by molar-refractivity contribution is -0.121. The van der Waals surface area contributed by atoms with Crippen LogP contribution in [0, 0.1) is 11.6 Å². The van der Waals surface area contributed by atoms with Crippen molar-refractivity contribution in [1.29, 1.82) is 0 Å². The summed E-state index contributed by atoms with van der Waals surface area (Å²) < 4.78 is 33.1. The predicted octanol–water partition coefficient (Wildman–Crippen LogP) is 6.10. The monoisotopic (exact) mass is 432 g/mol. The van der Waals surface area contributed by atoms with Crippen LogP contribution >= 0.6 is 0 Å². The Morgan fingerprint density at radius 3 is 2.28 bits per heavy atom. The van der Waals surface area contributed by atoms with Gasteiger partial charge >= 0.3 is 0 Å². The number of rotatable bonds is 7. The molecule has 1 atom stereocenters. The lowest BCUT2D eigenvalue weighted by Crippen LogP contribution is -2.27. The summed E-state index contributed by atoms with van der Waals surface area (Å²) in [7, 11) is 0. The number of nitrogens with one attached hydrogen (secondary N) is 1. The summed E-state index contributed by atoms with van der Waals surface area (Å²) in [6.07, 6.45) is 0.410.